The number of ether oxygens (including phenoxy) is 1. The molecule has 0 aromatic carbocycles. The zero-order chi connectivity index (χ0) is 17.6. The summed E-state index contributed by atoms with van der Waals surface area (Å²) in [6.45, 7) is 4.49. The second-order valence-electron chi connectivity index (χ2n) is 6.51. The molecule has 1 atom stereocenters. The summed E-state index contributed by atoms with van der Waals surface area (Å²) in [4.78, 5) is 20.0. The molecule has 1 fully saturated rings. The van der Waals surface area contributed by atoms with Crippen LogP contribution in [-0.2, 0) is 4.79 Å². The number of carbonyl (C=O) groups is 1. The number of nitrogens with zero attached hydrogens (tertiary/aromatic N) is 4. The van der Waals surface area contributed by atoms with Crippen molar-refractivity contribution in [3.63, 3.8) is 0 Å². The summed E-state index contributed by atoms with van der Waals surface area (Å²) in [6.07, 6.45) is 3.37. The van der Waals surface area contributed by atoms with E-state index in [0.29, 0.717) is 42.1 Å². The van der Waals surface area contributed by atoms with E-state index in [2.05, 4.69) is 25.7 Å². The number of hydrogen-bond donors (Lipinski definition) is 2. The maximum atomic E-state index is 11.3. The molecule has 9 heteroatoms. The van der Waals surface area contributed by atoms with Gasteiger partial charge in [-0.2, -0.15) is 4.98 Å². The Balaban J connectivity index is 1.73. The molecule has 25 heavy (non-hydrogen) atoms. The van der Waals surface area contributed by atoms with Crippen LogP contribution in [0.25, 0.3) is 0 Å². The van der Waals surface area contributed by atoms with Crippen LogP contribution in [0.1, 0.15) is 37.9 Å². The molecule has 3 heterocycles. The lowest BCUT2D eigenvalue weighted by atomic mass is 9.91. The van der Waals surface area contributed by atoms with E-state index in [-0.39, 0.29) is 17.9 Å². The molecule has 1 saturated carbocycles. The van der Waals surface area contributed by atoms with Crippen molar-refractivity contribution < 1.29 is 9.53 Å². The number of halogens is 1. The smallest absolute Gasteiger partial charge is 0.257 e. The molecule has 2 N–H and O–H groups in total. The van der Waals surface area contributed by atoms with Crippen LogP contribution in [0.15, 0.2) is 6.20 Å². The molecule has 0 saturated heterocycles. The Morgan fingerprint density at radius 1 is 1.40 bits per heavy atom. The Morgan fingerprint density at radius 3 is 2.96 bits per heavy atom. The number of nitrogens with one attached hydrogen (secondary N) is 2. The molecule has 0 radical (unpaired) electrons. The Bertz CT molecular complexity index is 828. The normalized spacial score (nSPS) is 20.4. The fourth-order valence-corrected chi connectivity index (χ4v) is 3.16. The number of aromatic nitrogens is 4. The van der Waals surface area contributed by atoms with Gasteiger partial charge in [-0.25, -0.2) is 4.98 Å². The molecule has 1 aliphatic heterocycles. The van der Waals surface area contributed by atoms with Crippen LogP contribution in [0.5, 0.6) is 5.88 Å². The van der Waals surface area contributed by atoms with Gasteiger partial charge < -0.3 is 15.4 Å². The quantitative estimate of drug-likeness (QED) is 0.805. The summed E-state index contributed by atoms with van der Waals surface area (Å²) >= 11 is 6.18. The van der Waals surface area contributed by atoms with E-state index in [0.717, 1.165) is 17.8 Å². The average Bonchev–Trinajstić information content (AvgIpc) is 2.82. The highest BCUT2D eigenvalue weighted by molar-refractivity contribution is 6.32. The summed E-state index contributed by atoms with van der Waals surface area (Å²) < 4.78 is 7.76. The van der Waals surface area contributed by atoms with Gasteiger partial charge in [-0.05, 0) is 13.8 Å². The molecule has 2 aliphatic rings. The van der Waals surface area contributed by atoms with Crippen molar-refractivity contribution >= 4 is 34.8 Å². The Kier molecular flexibility index (Phi) is 3.99. The van der Waals surface area contributed by atoms with Gasteiger partial charge in [0, 0.05) is 25.3 Å². The summed E-state index contributed by atoms with van der Waals surface area (Å²) in [5.74, 6) is 1.77. The number of Topliss-reactive ketones (excluding diaryl/α,β-unsaturated/α-hetero) is 1. The van der Waals surface area contributed by atoms with E-state index >= 15 is 0 Å². The van der Waals surface area contributed by atoms with Crippen LogP contribution in [0.3, 0.4) is 0 Å². The van der Waals surface area contributed by atoms with Crippen molar-refractivity contribution in [1.82, 2.24) is 19.7 Å². The van der Waals surface area contributed by atoms with Crippen LogP contribution in [0.4, 0.5) is 17.5 Å². The van der Waals surface area contributed by atoms with Crippen molar-refractivity contribution in [3.05, 3.63) is 16.9 Å². The Morgan fingerprint density at radius 2 is 2.20 bits per heavy atom. The van der Waals surface area contributed by atoms with Crippen molar-refractivity contribution in [1.29, 1.82) is 0 Å². The standard InChI is InChI=1S/C16H19ClN6O2/c1-8-3-4-25-15-13(9(2)23(22-15)10-5-11(24)6-10)20-16-18-7-12(17)14(19-8)21-16/h7-8,10H,3-6H2,1-2H3,(H2,18,19,20,21)/t8-/m1/s1. The maximum Gasteiger partial charge on any atom is 0.257 e. The fourth-order valence-electron chi connectivity index (χ4n) is 3.01. The molecule has 1 aliphatic carbocycles. The summed E-state index contributed by atoms with van der Waals surface area (Å²) in [6, 6.07) is 0.231. The number of hydrogen-bond acceptors (Lipinski definition) is 7. The zero-order valence-electron chi connectivity index (χ0n) is 14.0. The first-order chi connectivity index (χ1) is 12.0. The molecule has 0 amide bonds. The first-order valence-electron chi connectivity index (χ1n) is 8.31. The second kappa shape index (κ2) is 6.18. The van der Waals surface area contributed by atoms with E-state index in [1.807, 2.05) is 18.5 Å². The van der Waals surface area contributed by atoms with E-state index in [4.69, 9.17) is 16.3 Å². The predicted molar refractivity (Wildman–Crippen MR) is 93.8 cm³/mol. The highest BCUT2D eigenvalue weighted by Gasteiger charge is 2.32. The van der Waals surface area contributed by atoms with Gasteiger partial charge in [-0.1, -0.05) is 11.6 Å². The highest BCUT2D eigenvalue weighted by Crippen LogP contribution is 2.37. The van der Waals surface area contributed by atoms with Crippen molar-refractivity contribution in [2.45, 2.75) is 45.2 Å². The predicted octanol–water partition coefficient (Wildman–Crippen LogP) is 2.87. The van der Waals surface area contributed by atoms with Gasteiger partial charge in [0.2, 0.25) is 5.95 Å². The third-order valence-electron chi connectivity index (χ3n) is 4.54. The summed E-state index contributed by atoms with van der Waals surface area (Å²) in [5, 5.41) is 11.5. The van der Waals surface area contributed by atoms with Gasteiger partial charge in [0.1, 0.15) is 16.5 Å². The molecule has 8 nitrogen and oxygen atoms in total. The van der Waals surface area contributed by atoms with E-state index < -0.39 is 0 Å². The molecular formula is C16H19ClN6O2. The largest absolute Gasteiger partial charge is 0.475 e. The first-order valence-corrected chi connectivity index (χ1v) is 8.68. The molecule has 132 valence electrons. The molecule has 0 spiro atoms. The molecule has 4 rings (SSSR count). The van der Waals surface area contributed by atoms with E-state index in [1.54, 1.807) is 6.20 Å². The molecule has 2 aromatic rings. The van der Waals surface area contributed by atoms with Crippen LogP contribution in [0, 0.1) is 6.92 Å². The lowest BCUT2D eigenvalue weighted by molar-refractivity contribution is -0.126. The first kappa shape index (κ1) is 16.1. The van der Waals surface area contributed by atoms with Crippen LogP contribution in [-0.4, -0.2) is 38.2 Å². The van der Waals surface area contributed by atoms with Crippen LogP contribution >= 0.6 is 11.6 Å². The monoisotopic (exact) mass is 362 g/mol. The zero-order valence-corrected chi connectivity index (χ0v) is 14.8. The number of carbonyl (C=O) groups excluding carboxylic acids is 1. The van der Waals surface area contributed by atoms with Crippen molar-refractivity contribution in [2.24, 2.45) is 0 Å². The number of anilines is 3. The minimum absolute atomic E-state index is 0.0978. The lowest BCUT2D eigenvalue weighted by Gasteiger charge is -2.25. The molecule has 0 unspecified atom stereocenters. The van der Waals surface area contributed by atoms with Crippen molar-refractivity contribution in [3.8, 4) is 5.88 Å². The van der Waals surface area contributed by atoms with Crippen molar-refractivity contribution in [2.75, 3.05) is 17.2 Å². The summed E-state index contributed by atoms with van der Waals surface area (Å²) in [7, 11) is 0. The lowest BCUT2D eigenvalue weighted by Crippen LogP contribution is -2.28. The van der Waals surface area contributed by atoms with Gasteiger partial charge >= 0.3 is 0 Å². The topological polar surface area (TPSA) is 94.0 Å². The minimum Gasteiger partial charge on any atom is -0.475 e. The SMILES string of the molecule is Cc1c2c(nn1C1CC(=O)C1)OCC[C@@H](C)Nc1nc(ncc1Cl)N2. The maximum absolute atomic E-state index is 11.3. The summed E-state index contributed by atoms with van der Waals surface area (Å²) in [5.41, 5.74) is 1.62. The van der Waals surface area contributed by atoms with Gasteiger partial charge in [0.25, 0.3) is 5.88 Å². The highest BCUT2D eigenvalue weighted by atomic mass is 35.5. The number of ketones is 1. The minimum atomic E-state index is 0.0978. The number of fused-ring (bicyclic) bond motifs is 3. The molecule has 2 aromatic heterocycles. The molecular weight excluding hydrogens is 344 g/mol. The average molecular weight is 363 g/mol. The van der Waals surface area contributed by atoms with Gasteiger partial charge in [-0.15, -0.1) is 5.10 Å². The van der Waals surface area contributed by atoms with Crippen LogP contribution in [0.2, 0.25) is 5.02 Å². The van der Waals surface area contributed by atoms with Gasteiger partial charge in [0.15, 0.2) is 5.82 Å². The molecule has 2 bridgehead atoms. The Hall–Kier alpha value is -2.35. The fraction of sp³-hybridized carbons (Fsp3) is 0.500. The van der Waals surface area contributed by atoms with Crippen LogP contribution < -0.4 is 15.4 Å². The second-order valence-corrected chi connectivity index (χ2v) is 6.92. The number of rotatable bonds is 1. The van der Waals surface area contributed by atoms with E-state index in [9.17, 15) is 4.79 Å². The third kappa shape index (κ3) is 3.02. The third-order valence-corrected chi connectivity index (χ3v) is 4.82. The Labute approximate surface area is 149 Å². The van der Waals surface area contributed by atoms with Gasteiger partial charge in [-0.3, -0.25) is 9.48 Å². The van der Waals surface area contributed by atoms with E-state index in [1.165, 1.54) is 0 Å². The van der Waals surface area contributed by atoms with Gasteiger partial charge in [0.05, 0.1) is 24.5 Å².